The summed E-state index contributed by atoms with van der Waals surface area (Å²) in [5.74, 6) is 1.49. The Kier molecular flexibility index (Phi) is 5.61. The molecular formula is C16H25NO2S. The first-order chi connectivity index (χ1) is 9.69. The average molecular weight is 295 g/mol. The van der Waals surface area contributed by atoms with Gasteiger partial charge in [-0.05, 0) is 50.4 Å². The largest absolute Gasteiger partial charge is 0.497 e. The van der Waals surface area contributed by atoms with E-state index in [4.69, 9.17) is 4.74 Å². The maximum absolute atomic E-state index is 12.9. The molecule has 0 saturated heterocycles. The van der Waals surface area contributed by atoms with E-state index in [0.29, 0.717) is 12.0 Å². The normalized spacial score (nSPS) is 28.1. The molecule has 1 aliphatic carbocycles. The second-order valence-electron chi connectivity index (χ2n) is 5.50. The molecule has 1 aliphatic rings. The summed E-state index contributed by atoms with van der Waals surface area (Å²) in [5, 5.41) is 3.55. The molecule has 4 atom stereocenters. The summed E-state index contributed by atoms with van der Waals surface area (Å²) in [5.41, 5.74) is 0. The van der Waals surface area contributed by atoms with Gasteiger partial charge in [0.05, 0.1) is 23.2 Å². The van der Waals surface area contributed by atoms with Crippen LogP contribution < -0.4 is 10.1 Å². The molecule has 112 valence electrons. The van der Waals surface area contributed by atoms with Crippen LogP contribution in [0.2, 0.25) is 0 Å². The van der Waals surface area contributed by atoms with Crippen molar-refractivity contribution in [3.63, 3.8) is 0 Å². The minimum absolute atomic E-state index is 0.200. The van der Waals surface area contributed by atoms with Crippen LogP contribution in [-0.4, -0.2) is 29.7 Å². The summed E-state index contributed by atoms with van der Waals surface area (Å²) < 4.78 is 18.2. The molecule has 1 aromatic carbocycles. The fourth-order valence-corrected chi connectivity index (χ4v) is 4.86. The van der Waals surface area contributed by atoms with E-state index in [-0.39, 0.29) is 5.25 Å². The Bertz CT molecular complexity index is 464. The van der Waals surface area contributed by atoms with Crippen molar-refractivity contribution < 1.29 is 8.95 Å². The van der Waals surface area contributed by atoms with Gasteiger partial charge >= 0.3 is 0 Å². The van der Waals surface area contributed by atoms with E-state index in [9.17, 15) is 4.21 Å². The van der Waals surface area contributed by atoms with Crippen LogP contribution in [0.3, 0.4) is 0 Å². The zero-order valence-electron chi connectivity index (χ0n) is 12.6. The highest BCUT2D eigenvalue weighted by Crippen LogP contribution is 2.32. The van der Waals surface area contributed by atoms with Crippen LogP contribution in [-0.2, 0) is 10.8 Å². The quantitative estimate of drug-likeness (QED) is 0.907. The van der Waals surface area contributed by atoms with Crippen LogP contribution in [0, 0.1) is 5.92 Å². The first-order valence-electron chi connectivity index (χ1n) is 7.41. The van der Waals surface area contributed by atoms with Crippen molar-refractivity contribution in [1.29, 1.82) is 0 Å². The molecule has 1 aromatic rings. The molecule has 0 amide bonds. The van der Waals surface area contributed by atoms with E-state index in [0.717, 1.165) is 23.5 Å². The number of benzene rings is 1. The van der Waals surface area contributed by atoms with Gasteiger partial charge in [0.2, 0.25) is 0 Å². The molecule has 0 aromatic heterocycles. The van der Waals surface area contributed by atoms with Crippen molar-refractivity contribution >= 4 is 10.8 Å². The zero-order valence-corrected chi connectivity index (χ0v) is 13.4. The van der Waals surface area contributed by atoms with Crippen molar-refractivity contribution in [2.75, 3.05) is 14.2 Å². The van der Waals surface area contributed by atoms with Crippen molar-refractivity contribution in [2.45, 2.75) is 48.8 Å². The Morgan fingerprint density at radius 1 is 1.40 bits per heavy atom. The minimum atomic E-state index is -0.976. The molecule has 1 fully saturated rings. The highest BCUT2D eigenvalue weighted by Gasteiger charge is 2.33. The van der Waals surface area contributed by atoms with Crippen LogP contribution in [0.5, 0.6) is 5.75 Å². The summed E-state index contributed by atoms with van der Waals surface area (Å²) in [6.45, 7) is 2.23. The third-order valence-corrected chi connectivity index (χ3v) is 6.19. The van der Waals surface area contributed by atoms with Gasteiger partial charge in [0, 0.05) is 10.9 Å². The maximum Gasteiger partial charge on any atom is 0.120 e. The lowest BCUT2D eigenvalue weighted by atomic mass is 9.84. The second kappa shape index (κ2) is 7.23. The van der Waals surface area contributed by atoms with E-state index in [2.05, 4.69) is 12.2 Å². The van der Waals surface area contributed by atoms with Gasteiger partial charge in [-0.1, -0.05) is 19.4 Å². The Labute approximate surface area is 124 Å². The highest BCUT2D eigenvalue weighted by molar-refractivity contribution is 7.85. The van der Waals surface area contributed by atoms with Gasteiger partial charge in [-0.25, -0.2) is 0 Å². The van der Waals surface area contributed by atoms with Crippen molar-refractivity contribution in [3.8, 4) is 5.75 Å². The first-order valence-corrected chi connectivity index (χ1v) is 8.62. The molecule has 0 radical (unpaired) electrons. The van der Waals surface area contributed by atoms with Gasteiger partial charge in [-0.3, -0.25) is 4.21 Å². The SMILES string of the molecule is CCC1CCC(NC)C(S(=O)c2cccc(OC)c2)C1. The topological polar surface area (TPSA) is 38.3 Å². The lowest BCUT2D eigenvalue weighted by Gasteiger charge is -2.35. The van der Waals surface area contributed by atoms with Gasteiger partial charge in [-0.2, -0.15) is 0 Å². The Hall–Kier alpha value is -0.870. The first kappa shape index (κ1) is 15.5. The Balaban J connectivity index is 2.19. The Morgan fingerprint density at radius 3 is 2.85 bits per heavy atom. The van der Waals surface area contributed by atoms with Crippen LogP contribution in [0.4, 0.5) is 0 Å². The number of hydrogen-bond acceptors (Lipinski definition) is 3. The zero-order chi connectivity index (χ0) is 14.5. The molecule has 1 N–H and O–H groups in total. The van der Waals surface area contributed by atoms with Crippen molar-refractivity contribution in [1.82, 2.24) is 5.32 Å². The number of ether oxygens (including phenoxy) is 1. The van der Waals surface area contributed by atoms with Crippen LogP contribution >= 0.6 is 0 Å². The summed E-state index contributed by atoms with van der Waals surface area (Å²) >= 11 is 0. The maximum atomic E-state index is 12.9. The molecular weight excluding hydrogens is 270 g/mol. The number of rotatable bonds is 5. The molecule has 1 saturated carbocycles. The van der Waals surface area contributed by atoms with Gasteiger partial charge in [0.25, 0.3) is 0 Å². The molecule has 0 heterocycles. The third kappa shape index (κ3) is 3.41. The second-order valence-corrected chi connectivity index (χ2v) is 7.17. The van der Waals surface area contributed by atoms with Crippen molar-refractivity contribution in [2.24, 2.45) is 5.92 Å². The number of methoxy groups -OCH3 is 1. The molecule has 0 bridgehead atoms. The van der Waals surface area contributed by atoms with Gasteiger partial charge in [-0.15, -0.1) is 0 Å². The van der Waals surface area contributed by atoms with E-state index in [1.165, 1.54) is 12.8 Å². The van der Waals surface area contributed by atoms with Gasteiger partial charge in [0.15, 0.2) is 0 Å². The molecule has 4 unspecified atom stereocenters. The van der Waals surface area contributed by atoms with Crippen LogP contribution in [0.1, 0.15) is 32.6 Å². The third-order valence-electron chi connectivity index (χ3n) is 4.40. The average Bonchev–Trinajstić information content (AvgIpc) is 2.53. The molecule has 4 heteroatoms. The van der Waals surface area contributed by atoms with Crippen molar-refractivity contribution in [3.05, 3.63) is 24.3 Å². The van der Waals surface area contributed by atoms with E-state index >= 15 is 0 Å². The number of hydrogen-bond donors (Lipinski definition) is 1. The highest BCUT2D eigenvalue weighted by atomic mass is 32.2. The summed E-state index contributed by atoms with van der Waals surface area (Å²) in [7, 11) is 2.65. The molecule has 20 heavy (non-hydrogen) atoms. The summed E-state index contributed by atoms with van der Waals surface area (Å²) in [4.78, 5) is 0.881. The van der Waals surface area contributed by atoms with E-state index in [1.807, 2.05) is 31.3 Å². The van der Waals surface area contributed by atoms with E-state index < -0.39 is 10.8 Å². The van der Waals surface area contributed by atoms with Gasteiger partial charge < -0.3 is 10.1 Å². The molecule has 0 spiro atoms. The minimum Gasteiger partial charge on any atom is -0.497 e. The Morgan fingerprint density at radius 2 is 2.20 bits per heavy atom. The number of nitrogens with one attached hydrogen (secondary N) is 1. The monoisotopic (exact) mass is 295 g/mol. The standard InChI is InChI=1S/C16H25NO2S/c1-4-12-8-9-15(17-2)16(10-12)20(18)14-7-5-6-13(11-14)19-3/h5-7,11-12,15-17H,4,8-10H2,1-3H3. The predicted octanol–water partition coefficient (Wildman–Crippen LogP) is 2.97. The summed E-state index contributed by atoms with van der Waals surface area (Å²) in [6, 6.07) is 8.01. The predicted molar refractivity (Wildman–Crippen MR) is 83.7 cm³/mol. The molecule has 0 aliphatic heterocycles. The van der Waals surface area contributed by atoms with Gasteiger partial charge in [0.1, 0.15) is 5.75 Å². The van der Waals surface area contributed by atoms with Crippen LogP contribution in [0.15, 0.2) is 29.2 Å². The lowest BCUT2D eigenvalue weighted by molar-refractivity contribution is 0.301. The molecule has 3 nitrogen and oxygen atoms in total. The smallest absolute Gasteiger partial charge is 0.120 e. The lowest BCUT2D eigenvalue weighted by Crippen LogP contribution is -2.44. The van der Waals surface area contributed by atoms with Crippen LogP contribution in [0.25, 0.3) is 0 Å². The van der Waals surface area contributed by atoms with E-state index in [1.54, 1.807) is 7.11 Å². The fraction of sp³-hybridized carbons (Fsp3) is 0.625. The molecule has 2 rings (SSSR count). The fourth-order valence-electron chi connectivity index (χ4n) is 3.05. The summed E-state index contributed by atoms with van der Waals surface area (Å²) in [6.07, 6.45) is 4.59.